The molecule has 210 valence electrons. The number of hydrogen-bond donors (Lipinski definition) is 1. The third-order valence-corrected chi connectivity index (χ3v) is 6.96. The number of ether oxygens (including phenoxy) is 1. The topological polar surface area (TPSA) is 61.9 Å². The van der Waals surface area contributed by atoms with Crippen LogP contribution in [0.3, 0.4) is 0 Å². The van der Waals surface area contributed by atoms with Crippen LogP contribution in [0, 0.1) is 5.82 Å². The maximum absolute atomic E-state index is 14.4. The Morgan fingerprint density at radius 2 is 1.60 bits per heavy atom. The number of unbranched alkanes of at least 4 members (excludes halogenated alkanes) is 2. The number of nitrogens with zero attached hydrogens (tertiary/aromatic N) is 2. The Balaban J connectivity index is 1.42. The van der Waals surface area contributed by atoms with Crippen LogP contribution in [0.1, 0.15) is 61.0 Å². The van der Waals surface area contributed by atoms with Gasteiger partial charge < -0.3 is 15.0 Å². The van der Waals surface area contributed by atoms with Crippen LogP contribution in [0.25, 0.3) is 6.08 Å². The van der Waals surface area contributed by atoms with E-state index >= 15 is 0 Å². The van der Waals surface area contributed by atoms with E-state index < -0.39 is 0 Å². The summed E-state index contributed by atoms with van der Waals surface area (Å²) in [6.45, 7) is 8.00. The highest BCUT2D eigenvalue weighted by molar-refractivity contribution is 6.09. The number of benzene rings is 3. The maximum atomic E-state index is 14.4. The third kappa shape index (κ3) is 7.57. The van der Waals surface area contributed by atoms with Gasteiger partial charge in [0, 0.05) is 24.2 Å². The zero-order valence-corrected chi connectivity index (χ0v) is 23.4. The molecular formula is C33H38FN3O3. The first-order chi connectivity index (χ1) is 19.5. The predicted octanol–water partition coefficient (Wildman–Crippen LogP) is 6.42. The predicted molar refractivity (Wildman–Crippen MR) is 158 cm³/mol. The Hall–Kier alpha value is -3.97. The van der Waals surface area contributed by atoms with Crippen LogP contribution in [-0.2, 0) is 11.3 Å². The van der Waals surface area contributed by atoms with E-state index in [1.54, 1.807) is 60.7 Å². The molecule has 0 radical (unpaired) electrons. The largest absolute Gasteiger partial charge is 0.449 e. The summed E-state index contributed by atoms with van der Waals surface area (Å²) in [5, 5.41) is 3.02. The van der Waals surface area contributed by atoms with Crippen molar-refractivity contribution in [2.75, 3.05) is 31.1 Å². The van der Waals surface area contributed by atoms with Gasteiger partial charge in [0.15, 0.2) is 11.5 Å². The van der Waals surface area contributed by atoms with Crippen LogP contribution in [0.4, 0.5) is 10.1 Å². The van der Waals surface area contributed by atoms with Crippen LogP contribution in [0.15, 0.2) is 78.6 Å². The summed E-state index contributed by atoms with van der Waals surface area (Å²) in [6, 6.07) is 20.7. The SMILES string of the molecule is CCCCN(CCCC)CCNC(=O)c1ccc(C=C2Oc3ccccc3N(Cc3ccccc3F)C2=O)cc1. The molecule has 0 fully saturated rings. The molecule has 0 unspecified atom stereocenters. The molecule has 1 aliphatic heterocycles. The fourth-order valence-corrected chi connectivity index (χ4v) is 4.63. The van der Waals surface area contributed by atoms with Crippen LogP contribution in [-0.4, -0.2) is 42.9 Å². The van der Waals surface area contributed by atoms with Gasteiger partial charge in [0.25, 0.3) is 11.8 Å². The van der Waals surface area contributed by atoms with Crippen molar-refractivity contribution in [2.45, 2.75) is 46.1 Å². The van der Waals surface area contributed by atoms with Gasteiger partial charge >= 0.3 is 0 Å². The lowest BCUT2D eigenvalue weighted by atomic mass is 10.1. The average molecular weight is 544 g/mol. The maximum Gasteiger partial charge on any atom is 0.294 e. The molecule has 0 saturated heterocycles. The van der Waals surface area contributed by atoms with Crippen LogP contribution in [0.5, 0.6) is 5.75 Å². The Morgan fingerprint density at radius 3 is 2.30 bits per heavy atom. The molecule has 6 nitrogen and oxygen atoms in total. The van der Waals surface area contributed by atoms with Crippen molar-refractivity contribution in [3.05, 3.63) is 101 Å². The highest BCUT2D eigenvalue weighted by atomic mass is 19.1. The summed E-state index contributed by atoms with van der Waals surface area (Å²) in [4.78, 5) is 30.1. The molecule has 1 N–H and O–H groups in total. The molecule has 40 heavy (non-hydrogen) atoms. The van der Waals surface area contributed by atoms with Crippen molar-refractivity contribution in [3.8, 4) is 5.75 Å². The summed E-state index contributed by atoms with van der Waals surface area (Å²) in [6.07, 6.45) is 6.28. The zero-order valence-electron chi connectivity index (χ0n) is 23.4. The fourth-order valence-electron chi connectivity index (χ4n) is 4.63. The van der Waals surface area contributed by atoms with Crippen molar-refractivity contribution < 1.29 is 18.7 Å². The van der Waals surface area contributed by atoms with E-state index in [-0.39, 0.29) is 29.9 Å². The van der Waals surface area contributed by atoms with Gasteiger partial charge in [0.05, 0.1) is 12.2 Å². The van der Waals surface area contributed by atoms with Crippen LogP contribution in [0.2, 0.25) is 0 Å². The van der Waals surface area contributed by atoms with Gasteiger partial charge in [-0.15, -0.1) is 0 Å². The van der Waals surface area contributed by atoms with E-state index in [1.807, 2.05) is 12.1 Å². The van der Waals surface area contributed by atoms with Gasteiger partial charge in [-0.1, -0.05) is 69.2 Å². The number of carbonyl (C=O) groups excluding carboxylic acids is 2. The first-order valence-corrected chi connectivity index (χ1v) is 14.1. The van der Waals surface area contributed by atoms with E-state index in [1.165, 1.54) is 11.0 Å². The number of rotatable bonds is 13. The highest BCUT2D eigenvalue weighted by Crippen LogP contribution is 2.36. The number of para-hydroxylation sites is 2. The molecule has 7 heteroatoms. The Kier molecular flexibility index (Phi) is 10.5. The third-order valence-electron chi connectivity index (χ3n) is 6.96. The van der Waals surface area contributed by atoms with E-state index in [4.69, 9.17) is 4.74 Å². The molecule has 0 saturated carbocycles. The molecular weight excluding hydrogens is 505 g/mol. The number of hydrogen-bond acceptors (Lipinski definition) is 4. The smallest absolute Gasteiger partial charge is 0.294 e. The average Bonchev–Trinajstić information content (AvgIpc) is 2.97. The van der Waals surface area contributed by atoms with Gasteiger partial charge in [0.2, 0.25) is 0 Å². The lowest BCUT2D eigenvalue weighted by molar-refractivity contribution is -0.117. The summed E-state index contributed by atoms with van der Waals surface area (Å²) in [7, 11) is 0. The van der Waals surface area contributed by atoms with Gasteiger partial charge in [-0.25, -0.2) is 4.39 Å². The first-order valence-electron chi connectivity index (χ1n) is 14.1. The summed E-state index contributed by atoms with van der Waals surface area (Å²) < 4.78 is 20.3. The van der Waals surface area contributed by atoms with E-state index in [0.29, 0.717) is 29.1 Å². The molecule has 0 bridgehead atoms. The van der Waals surface area contributed by atoms with Crippen molar-refractivity contribution in [1.82, 2.24) is 10.2 Å². The molecule has 0 atom stereocenters. The van der Waals surface area contributed by atoms with Gasteiger partial charge in [-0.05, 0) is 67.9 Å². The minimum atomic E-state index is -0.367. The van der Waals surface area contributed by atoms with Gasteiger partial charge in [-0.2, -0.15) is 0 Å². The minimum Gasteiger partial charge on any atom is -0.449 e. The van der Waals surface area contributed by atoms with E-state index in [0.717, 1.165) is 50.9 Å². The molecule has 0 aromatic heterocycles. The molecule has 1 heterocycles. The summed E-state index contributed by atoms with van der Waals surface area (Å²) >= 11 is 0. The second kappa shape index (κ2) is 14.4. The molecule has 1 aliphatic rings. The fraction of sp³-hybridized carbons (Fsp3) is 0.333. The number of halogens is 1. The number of nitrogens with one attached hydrogen (secondary N) is 1. The number of fused-ring (bicyclic) bond motifs is 1. The lowest BCUT2D eigenvalue weighted by Gasteiger charge is -2.30. The van der Waals surface area contributed by atoms with E-state index in [2.05, 4.69) is 24.1 Å². The van der Waals surface area contributed by atoms with Crippen molar-refractivity contribution in [1.29, 1.82) is 0 Å². The van der Waals surface area contributed by atoms with Crippen LogP contribution < -0.4 is 15.0 Å². The molecule has 3 aromatic rings. The van der Waals surface area contributed by atoms with Crippen LogP contribution >= 0.6 is 0 Å². The van der Waals surface area contributed by atoms with E-state index in [9.17, 15) is 14.0 Å². The Bertz CT molecular complexity index is 1310. The standard InChI is InChI=1S/C33H38FN3O3/c1-3-5-20-36(21-6-4-2)22-19-35-32(38)26-17-15-25(16-18-26)23-31-33(39)37(24-27-11-7-8-12-28(27)34)29-13-9-10-14-30(29)40-31/h7-18,23H,3-6,19-22,24H2,1-2H3,(H,35,38). The molecule has 0 aliphatic carbocycles. The lowest BCUT2D eigenvalue weighted by Crippen LogP contribution is -2.37. The Labute approximate surface area is 236 Å². The number of amides is 2. The van der Waals surface area contributed by atoms with Crippen molar-refractivity contribution >= 4 is 23.6 Å². The summed E-state index contributed by atoms with van der Waals surface area (Å²) in [5.74, 6) is -0.202. The van der Waals surface area contributed by atoms with Crippen molar-refractivity contribution in [3.63, 3.8) is 0 Å². The second-order valence-corrected chi connectivity index (χ2v) is 9.99. The molecule has 3 aromatic carbocycles. The van der Waals surface area contributed by atoms with Gasteiger partial charge in [-0.3, -0.25) is 14.5 Å². The van der Waals surface area contributed by atoms with Gasteiger partial charge in [0.1, 0.15) is 5.82 Å². The molecule has 2 amide bonds. The minimum absolute atomic E-state index is 0.0800. The highest BCUT2D eigenvalue weighted by Gasteiger charge is 2.30. The Morgan fingerprint density at radius 1 is 0.925 bits per heavy atom. The first kappa shape index (κ1) is 29.0. The summed E-state index contributed by atoms with van der Waals surface area (Å²) in [5.41, 5.74) is 2.28. The molecule has 4 rings (SSSR count). The molecule has 0 spiro atoms. The normalized spacial score (nSPS) is 13.8. The number of anilines is 1. The zero-order chi connectivity index (χ0) is 28.3. The monoisotopic (exact) mass is 543 g/mol. The number of carbonyl (C=O) groups is 2. The second-order valence-electron chi connectivity index (χ2n) is 9.99. The van der Waals surface area contributed by atoms with Crippen molar-refractivity contribution in [2.24, 2.45) is 0 Å². The quantitative estimate of drug-likeness (QED) is 0.253.